The van der Waals surface area contributed by atoms with Crippen molar-refractivity contribution in [3.63, 3.8) is 0 Å². The van der Waals surface area contributed by atoms with Crippen LogP contribution in [0.15, 0.2) is 47.1 Å². The third kappa shape index (κ3) is 3.10. The zero-order valence-corrected chi connectivity index (χ0v) is 18.1. The van der Waals surface area contributed by atoms with E-state index in [-0.39, 0.29) is 12.1 Å². The van der Waals surface area contributed by atoms with Gasteiger partial charge in [0.15, 0.2) is 0 Å². The molecule has 4 heterocycles. The van der Waals surface area contributed by atoms with Gasteiger partial charge in [-0.1, -0.05) is 6.08 Å². The summed E-state index contributed by atoms with van der Waals surface area (Å²) >= 11 is 0. The molecule has 0 radical (unpaired) electrons. The van der Waals surface area contributed by atoms with Crippen molar-refractivity contribution >= 4 is 16.9 Å². The molecule has 1 aromatic carbocycles. The largest absolute Gasteiger partial charge is 0.497 e. The molecule has 2 atom stereocenters. The number of rotatable bonds is 2. The molecular formula is C24H28N4O3. The highest BCUT2D eigenvalue weighted by Gasteiger charge is 2.34. The van der Waals surface area contributed by atoms with Crippen LogP contribution in [-0.2, 0) is 29.5 Å². The first-order valence-corrected chi connectivity index (χ1v) is 11.1. The number of amidine groups is 1. The van der Waals surface area contributed by atoms with Crippen molar-refractivity contribution in [3.05, 3.63) is 53.4 Å². The van der Waals surface area contributed by atoms with E-state index in [1.165, 1.54) is 27.9 Å². The van der Waals surface area contributed by atoms with Crippen LogP contribution < -0.4 is 4.74 Å². The molecule has 0 amide bonds. The number of aliphatic imine (C=N–C) groups is 1. The summed E-state index contributed by atoms with van der Waals surface area (Å²) in [6.45, 7) is 5.06. The molecule has 162 valence electrons. The second kappa shape index (κ2) is 7.34. The van der Waals surface area contributed by atoms with E-state index in [1.807, 2.05) is 6.07 Å². The Kier molecular flexibility index (Phi) is 4.45. The summed E-state index contributed by atoms with van der Waals surface area (Å²) in [5.41, 5.74) is 5.32. The van der Waals surface area contributed by atoms with E-state index in [2.05, 4.69) is 51.8 Å². The predicted molar refractivity (Wildman–Crippen MR) is 119 cm³/mol. The molecule has 2 aromatic rings. The number of hydrogen-bond donors (Lipinski definition) is 0. The van der Waals surface area contributed by atoms with Gasteiger partial charge in [0.2, 0.25) is 0 Å². The minimum Gasteiger partial charge on any atom is -0.497 e. The van der Waals surface area contributed by atoms with Gasteiger partial charge in [0, 0.05) is 67.5 Å². The molecule has 3 aliphatic heterocycles. The highest BCUT2D eigenvalue weighted by molar-refractivity contribution is 5.87. The van der Waals surface area contributed by atoms with Crippen LogP contribution in [-0.4, -0.2) is 72.5 Å². The van der Waals surface area contributed by atoms with E-state index in [4.69, 9.17) is 19.2 Å². The van der Waals surface area contributed by atoms with Crippen molar-refractivity contribution in [2.24, 2.45) is 12.0 Å². The maximum absolute atomic E-state index is 6.25. The number of ether oxygens (including phenoxy) is 3. The van der Waals surface area contributed by atoms with Gasteiger partial charge >= 0.3 is 0 Å². The lowest BCUT2D eigenvalue weighted by Crippen LogP contribution is -2.41. The van der Waals surface area contributed by atoms with Crippen LogP contribution in [0.2, 0.25) is 0 Å². The highest BCUT2D eigenvalue weighted by Crippen LogP contribution is 2.35. The summed E-state index contributed by atoms with van der Waals surface area (Å²) in [5.74, 6) is 0.907. The average Bonchev–Trinajstić information content (AvgIpc) is 3.38. The smallest absolute Gasteiger partial charge is 0.288 e. The zero-order valence-electron chi connectivity index (χ0n) is 18.1. The fourth-order valence-electron chi connectivity index (χ4n) is 5.16. The number of aromatic nitrogens is 1. The molecule has 7 nitrogen and oxygen atoms in total. The van der Waals surface area contributed by atoms with Crippen LogP contribution in [0, 0.1) is 0 Å². The predicted octanol–water partition coefficient (Wildman–Crippen LogP) is 2.45. The number of hydrogen-bond acceptors (Lipinski definition) is 6. The Morgan fingerprint density at radius 3 is 2.84 bits per heavy atom. The van der Waals surface area contributed by atoms with Gasteiger partial charge in [-0.3, -0.25) is 0 Å². The molecule has 1 aliphatic carbocycles. The van der Waals surface area contributed by atoms with Gasteiger partial charge in [0.25, 0.3) is 6.02 Å². The molecule has 7 heteroatoms. The molecule has 1 saturated heterocycles. The number of allylic oxidation sites excluding steroid dienone is 1. The first-order chi connectivity index (χ1) is 15.2. The van der Waals surface area contributed by atoms with E-state index in [9.17, 15) is 0 Å². The van der Waals surface area contributed by atoms with Gasteiger partial charge in [-0.15, -0.1) is 0 Å². The van der Waals surface area contributed by atoms with Gasteiger partial charge in [-0.25, -0.2) is 4.99 Å². The summed E-state index contributed by atoms with van der Waals surface area (Å²) in [5, 5.41) is 1.29. The maximum Gasteiger partial charge on any atom is 0.288 e. The molecule has 0 bridgehead atoms. The fraction of sp³-hybridized carbons (Fsp3) is 0.458. The lowest BCUT2D eigenvalue weighted by Gasteiger charge is -2.33. The Morgan fingerprint density at radius 2 is 2.00 bits per heavy atom. The summed E-state index contributed by atoms with van der Waals surface area (Å²) in [6, 6.07) is 7.22. The molecule has 2 unspecified atom stereocenters. The van der Waals surface area contributed by atoms with E-state index < -0.39 is 0 Å². The summed E-state index contributed by atoms with van der Waals surface area (Å²) < 4.78 is 19.5. The third-order valence-corrected chi connectivity index (χ3v) is 6.89. The molecule has 6 rings (SSSR count). The number of methoxy groups -OCH3 is 1. The Hall–Kier alpha value is -2.93. The second-order valence-electron chi connectivity index (χ2n) is 8.57. The maximum atomic E-state index is 6.25. The monoisotopic (exact) mass is 420 g/mol. The van der Waals surface area contributed by atoms with Gasteiger partial charge in [-0.05, 0) is 30.4 Å². The van der Waals surface area contributed by atoms with Gasteiger partial charge in [0.05, 0.1) is 20.3 Å². The third-order valence-electron chi connectivity index (χ3n) is 6.89. The number of aryl methyl sites for hydroxylation is 1. The fourth-order valence-corrected chi connectivity index (χ4v) is 5.16. The Bertz CT molecular complexity index is 1110. The number of nitrogens with zero attached hydrogens (tertiary/aromatic N) is 4. The highest BCUT2D eigenvalue weighted by atomic mass is 16.5. The lowest BCUT2D eigenvalue weighted by atomic mass is 10.00. The summed E-state index contributed by atoms with van der Waals surface area (Å²) in [4.78, 5) is 9.47. The lowest BCUT2D eigenvalue weighted by molar-refractivity contribution is 0.0549. The molecule has 0 N–H and O–H groups in total. The molecule has 1 aromatic heterocycles. The van der Waals surface area contributed by atoms with Crippen molar-refractivity contribution < 1.29 is 14.2 Å². The average molecular weight is 421 g/mol. The van der Waals surface area contributed by atoms with Gasteiger partial charge in [-0.2, -0.15) is 0 Å². The van der Waals surface area contributed by atoms with Crippen molar-refractivity contribution in [1.82, 2.24) is 14.4 Å². The molecule has 0 spiro atoms. The van der Waals surface area contributed by atoms with Crippen molar-refractivity contribution in [2.75, 3.05) is 40.0 Å². The van der Waals surface area contributed by atoms with Crippen molar-refractivity contribution in [1.29, 1.82) is 0 Å². The minimum absolute atomic E-state index is 0.0214. The van der Waals surface area contributed by atoms with Crippen LogP contribution >= 0.6 is 0 Å². The molecule has 0 saturated carbocycles. The van der Waals surface area contributed by atoms with Crippen LogP contribution in [0.3, 0.4) is 0 Å². The standard InChI is InChI=1S/C24H28N4O3/c1-26-21-6-4-17(29-2)14-18(21)19-15-28(8-7-22(19)26)16-3-5-20-23(13-16)31-24(25-20)27-9-11-30-12-10-27/h3-6,13-14,20,23H,7-12,15H2,1-2H3. The van der Waals surface area contributed by atoms with Crippen LogP contribution in [0.25, 0.3) is 10.9 Å². The molecule has 1 fully saturated rings. The molecule has 4 aliphatic rings. The first kappa shape index (κ1) is 18.8. The van der Waals surface area contributed by atoms with E-state index in [0.717, 1.165) is 57.6 Å². The van der Waals surface area contributed by atoms with Crippen molar-refractivity contribution in [2.45, 2.75) is 25.1 Å². The quantitative estimate of drug-likeness (QED) is 0.747. The van der Waals surface area contributed by atoms with E-state index >= 15 is 0 Å². The van der Waals surface area contributed by atoms with Crippen LogP contribution in [0.1, 0.15) is 11.3 Å². The summed E-state index contributed by atoms with van der Waals surface area (Å²) in [7, 11) is 3.90. The second-order valence-corrected chi connectivity index (χ2v) is 8.57. The van der Waals surface area contributed by atoms with Crippen LogP contribution in [0.4, 0.5) is 0 Å². The molecule has 31 heavy (non-hydrogen) atoms. The van der Waals surface area contributed by atoms with Crippen LogP contribution in [0.5, 0.6) is 5.75 Å². The van der Waals surface area contributed by atoms with E-state index in [1.54, 1.807) is 7.11 Å². The van der Waals surface area contributed by atoms with Gasteiger partial charge in [0.1, 0.15) is 17.9 Å². The topological polar surface area (TPSA) is 51.5 Å². The molecular weight excluding hydrogens is 392 g/mol. The Labute approximate surface area is 182 Å². The zero-order chi connectivity index (χ0) is 20.9. The number of morpholine rings is 1. The number of benzene rings is 1. The van der Waals surface area contributed by atoms with Crippen molar-refractivity contribution in [3.8, 4) is 5.75 Å². The van der Waals surface area contributed by atoms with E-state index in [0.29, 0.717) is 0 Å². The number of fused-ring (bicyclic) bond motifs is 4. The first-order valence-electron chi connectivity index (χ1n) is 11.1. The summed E-state index contributed by atoms with van der Waals surface area (Å²) in [6.07, 6.45) is 7.66. The SMILES string of the molecule is COc1ccc2c(c1)c1c(n2C)CCN(C2=CC3OC(N4CCOCC4)=NC3C=C2)C1. The van der Waals surface area contributed by atoms with Gasteiger partial charge < -0.3 is 28.6 Å². The normalized spacial score (nSPS) is 25.1. The Balaban J connectivity index is 1.24. The Morgan fingerprint density at radius 1 is 1.13 bits per heavy atom. The minimum atomic E-state index is -0.0214.